The molecule has 3 N–H and O–H groups in total. The van der Waals surface area contributed by atoms with E-state index in [0.29, 0.717) is 12.5 Å². The molecule has 2 aromatic rings. The molecule has 4 aliphatic rings. The molecule has 1 aliphatic heterocycles. The van der Waals surface area contributed by atoms with Crippen LogP contribution >= 0.6 is 11.3 Å². The van der Waals surface area contributed by atoms with Crippen LogP contribution in [0.2, 0.25) is 0 Å². The summed E-state index contributed by atoms with van der Waals surface area (Å²) in [5.41, 5.74) is 6.91. The van der Waals surface area contributed by atoms with E-state index >= 15 is 0 Å². The van der Waals surface area contributed by atoms with E-state index in [9.17, 15) is 4.79 Å². The fraction of sp³-hybridized carbons (Fsp3) is 0.724. The van der Waals surface area contributed by atoms with Crippen molar-refractivity contribution in [3.63, 3.8) is 0 Å². The molecule has 202 valence electrons. The summed E-state index contributed by atoms with van der Waals surface area (Å²) in [5.74, 6) is 2.59. The van der Waals surface area contributed by atoms with Gasteiger partial charge >= 0.3 is 0 Å². The second kappa shape index (κ2) is 11.5. The number of rotatable bonds is 8. The standard InChI is InChI=1S/C29H42N4O3S/c30-25(34)16-20-6-11-24-27(20)28-23(36-22-9-7-21(8-10-22)33-12-14-35-15-13-33)17-26(32-29(28)37-24)31-18-19-4-2-1-3-5-19/h17,19-22H,1-16,18H2,(H2,30,34)(H,31,32)/t20-,21?,22?/m1/s1. The maximum Gasteiger partial charge on any atom is 0.218 e. The minimum absolute atomic E-state index is 0.184. The SMILES string of the molecule is NC(=O)C[C@H]1CCc2sc3nc(NCC4CCCCC4)cc(OC4CCC(N5CCOCC5)CC4)c3c21. The van der Waals surface area contributed by atoms with Crippen LogP contribution in [0, 0.1) is 5.92 Å². The van der Waals surface area contributed by atoms with Crippen molar-refractivity contribution >= 4 is 33.3 Å². The van der Waals surface area contributed by atoms with E-state index in [0.717, 1.165) is 86.2 Å². The molecular weight excluding hydrogens is 484 g/mol. The van der Waals surface area contributed by atoms with Gasteiger partial charge in [0.2, 0.25) is 5.91 Å². The number of carbonyl (C=O) groups excluding carboxylic acids is 1. The Morgan fingerprint density at radius 2 is 1.89 bits per heavy atom. The van der Waals surface area contributed by atoms with Gasteiger partial charge in [0.15, 0.2) is 0 Å². The number of nitrogens with one attached hydrogen (secondary N) is 1. The van der Waals surface area contributed by atoms with Gasteiger partial charge in [0, 0.05) is 43.0 Å². The van der Waals surface area contributed by atoms with Gasteiger partial charge in [-0.1, -0.05) is 19.3 Å². The zero-order valence-corrected chi connectivity index (χ0v) is 22.8. The van der Waals surface area contributed by atoms with Gasteiger partial charge in [-0.15, -0.1) is 11.3 Å². The van der Waals surface area contributed by atoms with Crippen molar-refractivity contribution in [2.75, 3.05) is 38.2 Å². The van der Waals surface area contributed by atoms with Crippen LogP contribution in [0.4, 0.5) is 5.82 Å². The summed E-state index contributed by atoms with van der Waals surface area (Å²) < 4.78 is 12.4. The van der Waals surface area contributed by atoms with E-state index in [-0.39, 0.29) is 17.9 Å². The Morgan fingerprint density at radius 1 is 1.11 bits per heavy atom. The summed E-state index contributed by atoms with van der Waals surface area (Å²) >= 11 is 1.79. The van der Waals surface area contributed by atoms with E-state index < -0.39 is 0 Å². The lowest BCUT2D eigenvalue weighted by Gasteiger charge is -2.38. The van der Waals surface area contributed by atoms with Crippen LogP contribution in [-0.2, 0) is 16.0 Å². The molecule has 0 bridgehead atoms. The fourth-order valence-electron chi connectivity index (χ4n) is 7.12. The number of morpholine rings is 1. The molecule has 1 amide bonds. The number of aromatic nitrogens is 1. The van der Waals surface area contributed by atoms with Crippen LogP contribution < -0.4 is 15.8 Å². The highest BCUT2D eigenvalue weighted by Gasteiger charge is 2.33. The Morgan fingerprint density at radius 3 is 2.65 bits per heavy atom. The Kier molecular flexibility index (Phi) is 7.86. The summed E-state index contributed by atoms with van der Waals surface area (Å²) in [6, 6.07) is 2.80. The van der Waals surface area contributed by atoms with E-state index in [4.69, 9.17) is 20.2 Å². The number of nitrogens with two attached hydrogens (primary N) is 1. The number of thiophene rings is 1. The van der Waals surface area contributed by atoms with Crippen molar-refractivity contribution in [1.82, 2.24) is 9.88 Å². The van der Waals surface area contributed by atoms with Gasteiger partial charge in [0.05, 0.1) is 24.7 Å². The van der Waals surface area contributed by atoms with Crippen molar-refractivity contribution < 1.29 is 14.3 Å². The molecule has 3 aliphatic carbocycles. The van der Waals surface area contributed by atoms with Gasteiger partial charge in [-0.2, -0.15) is 0 Å². The molecular formula is C29H42N4O3S. The molecule has 1 saturated heterocycles. The molecule has 3 fully saturated rings. The minimum atomic E-state index is -0.222. The van der Waals surface area contributed by atoms with E-state index in [1.165, 1.54) is 55.4 Å². The molecule has 0 radical (unpaired) electrons. The predicted octanol–water partition coefficient (Wildman–Crippen LogP) is 5.22. The fourth-order valence-corrected chi connectivity index (χ4v) is 8.41. The first kappa shape index (κ1) is 25.4. The number of hydrogen-bond donors (Lipinski definition) is 2. The largest absolute Gasteiger partial charge is 0.490 e. The highest BCUT2D eigenvalue weighted by Crippen LogP contribution is 2.49. The van der Waals surface area contributed by atoms with E-state index in [1.54, 1.807) is 11.3 Å². The highest BCUT2D eigenvalue weighted by atomic mass is 32.1. The van der Waals surface area contributed by atoms with Gasteiger partial charge in [-0.3, -0.25) is 9.69 Å². The number of anilines is 1. The molecule has 37 heavy (non-hydrogen) atoms. The zero-order valence-electron chi connectivity index (χ0n) is 22.0. The van der Waals surface area contributed by atoms with Crippen molar-refractivity contribution in [1.29, 1.82) is 0 Å². The quantitative estimate of drug-likeness (QED) is 0.490. The Balaban J connectivity index is 1.23. The van der Waals surface area contributed by atoms with Gasteiger partial charge in [0.25, 0.3) is 0 Å². The second-order valence-electron chi connectivity index (χ2n) is 11.6. The molecule has 2 saturated carbocycles. The Labute approximate surface area is 224 Å². The van der Waals surface area contributed by atoms with Crippen LogP contribution in [0.3, 0.4) is 0 Å². The number of aryl methyl sites for hydroxylation is 1. The Bertz CT molecular complexity index is 1080. The first-order valence-electron chi connectivity index (χ1n) is 14.6. The lowest BCUT2D eigenvalue weighted by molar-refractivity contribution is -0.118. The summed E-state index contributed by atoms with van der Waals surface area (Å²) in [6.07, 6.45) is 13.8. The van der Waals surface area contributed by atoms with Gasteiger partial charge < -0.3 is 20.5 Å². The van der Waals surface area contributed by atoms with Crippen molar-refractivity contribution in [3.05, 3.63) is 16.5 Å². The third-order valence-electron chi connectivity index (χ3n) is 9.11. The van der Waals surface area contributed by atoms with Crippen LogP contribution in [0.1, 0.15) is 87.0 Å². The van der Waals surface area contributed by atoms with E-state index in [1.807, 2.05) is 0 Å². The first-order chi connectivity index (χ1) is 18.1. The molecule has 0 unspecified atom stereocenters. The number of fused-ring (bicyclic) bond motifs is 3. The molecule has 8 heteroatoms. The van der Waals surface area contributed by atoms with Gasteiger partial charge in [-0.05, 0) is 68.8 Å². The average Bonchev–Trinajstić information content (AvgIpc) is 3.48. The Hall–Kier alpha value is -1.90. The smallest absolute Gasteiger partial charge is 0.218 e. The third-order valence-corrected chi connectivity index (χ3v) is 10.3. The second-order valence-corrected chi connectivity index (χ2v) is 12.7. The summed E-state index contributed by atoms with van der Waals surface area (Å²) in [7, 11) is 0. The van der Waals surface area contributed by atoms with Crippen LogP contribution in [0.5, 0.6) is 5.75 Å². The third kappa shape index (κ3) is 5.76. The maximum atomic E-state index is 11.8. The maximum absolute atomic E-state index is 11.8. The number of primary amides is 1. The molecule has 0 aromatic carbocycles. The number of hydrogen-bond acceptors (Lipinski definition) is 7. The topological polar surface area (TPSA) is 89.7 Å². The molecule has 7 nitrogen and oxygen atoms in total. The number of amides is 1. The molecule has 6 rings (SSSR count). The monoisotopic (exact) mass is 526 g/mol. The molecule has 1 atom stereocenters. The van der Waals surface area contributed by atoms with Crippen molar-refractivity contribution in [2.24, 2.45) is 11.7 Å². The lowest BCUT2D eigenvalue weighted by atomic mass is 9.89. The predicted molar refractivity (Wildman–Crippen MR) is 149 cm³/mol. The summed E-state index contributed by atoms with van der Waals surface area (Å²) in [4.78, 5) is 21.9. The van der Waals surface area contributed by atoms with Crippen molar-refractivity contribution in [2.45, 2.75) is 95.1 Å². The van der Waals surface area contributed by atoms with Crippen LogP contribution in [0.15, 0.2) is 6.07 Å². The van der Waals surface area contributed by atoms with Crippen LogP contribution in [0.25, 0.3) is 10.2 Å². The normalized spacial score (nSPS) is 27.3. The van der Waals surface area contributed by atoms with Gasteiger partial charge in [0.1, 0.15) is 16.4 Å². The first-order valence-corrected chi connectivity index (χ1v) is 15.4. The van der Waals surface area contributed by atoms with E-state index in [2.05, 4.69) is 16.3 Å². The minimum Gasteiger partial charge on any atom is -0.490 e. The summed E-state index contributed by atoms with van der Waals surface area (Å²) in [5, 5.41) is 4.81. The molecule has 3 heterocycles. The average molecular weight is 527 g/mol. The highest BCUT2D eigenvalue weighted by molar-refractivity contribution is 7.19. The number of carbonyl (C=O) groups is 1. The van der Waals surface area contributed by atoms with Crippen molar-refractivity contribution in [3.8, 4) is 5.75 Å². The van der Waals surface area contributed by atoms with Gasteiger partial charge in [-0.25, -0.2) is 4.98 Å². The molecule has 2 aromatic heterocycles. The lowest BCUT2D eigenvalue weighted by Crippen LogP contribution is -2.46. The van der Waals surface area contributed by atoms with Crippen LogP contribution in [-0.4, -0.2) is 60.8 Å². The summed E-state index contributed by atoms with van der Waals surface area (Å²) in [6.45, 7) is 4.81. The molecule has 0 spiro atoms. The number of nitrogens with zero attached hydrogens (tertiary/aromatic N) is 2. The number of ether oxygens (including phenoxy) is 2. The number of pyridine rings is 1. The zero-order chi connectivity index (χ0) is 25.2.